The normalized spacial score (nSPS) is 13.2. The fourth-order valence-corrected chi connectivity index (χ4v) is 2.27. The predicted octanol–water partition coefficient (Wildman–Crippen LogP) is 1.68. The maximum atomic E-state index is 4.52. The Labute approximate surface area is 111 Å². The minimum Gasteiger partial charge on any atom is -0.314 e. The van der Waals surface area contributed by atoms with Crippen molar-refractivity contribution in [3.8, 4) is 0 Å². The molecule has 104 valence electrons. The second kappa shape index (κ2) is 7.54. The molecule has 0 radical (unpaired) electrons. The van der Waals surface area contributed by atoms with E-state index >= 15 is 0 Å². The van der Waals surface area contributed by atoms with Crippen LogP contribution in [0.1, 0.15) is 31.7 Å². The monoisotopic (exact) mass is 252 g/mol. The van der Waals surface area contributed by atoms with Crippen molar-refractivity contribution < 1.29 is 0 Å². The molecular weight excluding hydrogens is 224 g/mol. The molecule has 1 aromatic heterocycles. The molecule has 0 bridgehead atoms. The summed E-state index contributed by atoms with van der Waals surface area (Å²) in [6, 6.07) is 2.75. The fourth-order valence-electron chi connectivity index (χ4n) is 2.27. The molecule has 1 unspecified atom stereocenters. The van der Waals surface area contributed by atoms with Crippen LogP contribution in [0.2, 0.25) is 0 Å². The second-order valence-electron chi connectivity index (χ2n) is 5.14. The predicted molar refractivity (Wildman–Crippen MR) is 77.0 cm³/mol. The summed E-state index contributed by atoms with van der Waals surface area (Å²) in [4.78, 5) is 2.24. The minimum atomic E-state index is 0.541. The van der Waals surface area contributed by atoms with Crippen LogP contribution in [0.3, 0.4) is 0 Å². The van der Waals surface area contributed by atoms with Gasteiger partial charge in [0.15, 0.2) is 0 Å². The largest absolute Gasteiger partial charge is 0.314 e. The van der Waals surface area contributed by atoms with Gasteiger partial charge in [0.2, 0.25) is 0 Å². The summed E-state index contributed by atoms with van der Waals surface area (Å²) < 4.78 is 2.12. The molecule has 1 aromatic rings. The topological polar surface area (TPSA) is 33.1 Å². The van der Waals surface area contributed by atoms with E-state index in [4.69, 9.17) is 0 Å². The van der Waals surface area contributed by atoms with Gasteiger partial charge in [-0.1, -0.05) is 6.92 Å². The van der Waals surface area contributed by atoms with Gasteiger partial charge in [-0.15, -0.1) is 0 Å². The Kier molecular flexibility index (Phi) is 6.36. The molecule has 0 aromatic carbocycles. The Morgan fingerprint density at radius 3 is 2.67 bits per heavy atom. The molecule has 0 saturated carbocycles. The van der Waals surface area contributed by atoms with Crippen LogP contribution in [0.4, 0.5) is 0 Å². The second-order valence-corrected chi connectivity index (χ2v) is 5.14. The van der Waals surface area contributed by atoms with Gasteiger partial charge >= 0.3 is 0 Å². The quantitative estimate of drug-likeness (QED) is 0.764. The van der Waals surface area contributed by atoms with E-state index in [1.54, 1.807) is 0 Å². The lowest BCUT2D eigenvalue weighted by Crippen LogP contribution is -2.34. The molecule has 0 aliphatic carbocycles. The number of hydrogen-bond acceptors (Lipinski definition) is 3. The number of nitrogens with one attached hydrogen (secondary N) is 1. The van der Waals surface area contributed by atoms with Crippen molar-refractivity contribution >= 4 is 0 Å². The van der Waals surface area contributed by atoms with Crippen LogP contribution in [0.5, 0.6) is 0 Å². The molecule has 1 heterocycles. The third-order valence-corrected chi connectivity index (χ3v) is 3.16. The first-order valence-corrected chi connectivity index (χ1v) is 6.98. The molecule has 0 fully saturated rings. The van der Waals surface area contributed by atoms with Gasteiger partial charge in [0.05, 0.1) is 5.69 Å². The highest BCUT2D eigenvalue weighted by atomic mass is 15.3. The van der Waals surface area contributed by atoms with Crippen LogP contribution in [0, 0.1) is 6.92 Å². The first kappa shape index (κ1) is 15.2. The number of nitrogens with zero attached hydrogens (tertiary/aromatic N) is 3. The van der Waals surface area contributed by atoms with Gasteiger partial charge in [-0.25, -0.2) is 0 Å². The zero-order chi connectivity index (χ0) is 13.5. The van der Waals surface area contributed by atoms with Gasteiger partial charge in [0.1, 0.15) is 0 Å². The Bertz CT molecular complexity index is 344. The van der Waals surface area contributed by atoms with Crippen molar-refractivity contribution in [3.05, 3.63) is 17.5 Å². The number of aromatic nitrogens is 2. The molecule has 4 heteroatoms. The van der Waals surface area contributed by atoms with Crippen molar-refractivity contribution in [2.45, 2.75) is 46.2 Å². The van der Waals surface area contributed by atoms with Crippen LogP contribution in [0.15, 0.2) is 6.07 Å². The number of hydrogen-bond donors (Lipinski definition) is 1. The van der Waals surface area contributed by atoms with Gasteiger partial charge in [0, 0.05) is 24.7 Å². The highest BCUT2D eigenvalue weighted by molar-refractivity contribution is 5.10. The van der Waals surface area contributed by atoms with Crippen molar-refractivity contribution in [1.29, 1.82) is 0 Å². The van der Waals surface area contributed by atoms with Crippen LogP contribution in [-0.2, 0) is 13.0 Å². The van der Waals surface area contributed by atoms with Crippen molar-refractivity contribution in [2.24, 2.45) is 0 Å². The van der Waals surface area contributed by atoms with E-state index in [1.165, 1.54) is 12.1 Å². The summed E-state index contributed by atoms with van der Waals surface area (Å²) in [5.74, 6) is 0. The van der Waals surface area contributed by atoms with Gasteiger partial charge in [-0.3, -0.25) is 4.68 Å². The van der Waals surface area contributed by atoms with Crippen molar-refractivity contribution in [2.75, 3.05) is 27.2 Å². The molecule has 1 atom stereocenters. The molecular formula is C14H28N4. The summed E-state index contributed by atoms with van der Waals surface area (Å²) in [6.45, 7) is 9.49. The maximum Gasteiger partial charge on any atom is 0.0596 e. The Morgan fingerprint density at radius 1 is 1.39 bits per heavy atom. The van der Waals surface area contributed by atoms with E-state index in [9.17, 15) is 0 Å². The number of rotatable bonds is 8. The zero-order valence-corrected chi connectivity index (χ0v) is 12.5. The van der Waals surface area contributed by atoms with E-state index in [-0.39, 0.29) is 0 Å². The lowest BCUT2D eigenvalue weighted by atomic mass is 10.1. The van der Waals surface area contributed by atoms with E-state index in [1.807, 2.05) is 0 Å². The van der Waals surface area contributed by atoms with Crippen LogP contribution in [0.25, 0.3) is 0 Å². The highest BCUT2D eigenvalue weighted by Gasteiger charge is 2.12. The maximum absolute atomic E-state index is 4.52. The Balaban J connectivity index is 2.63. The molecule has 0 spiro atoms. The summed E-state index contributed by atoms with van der Waals surface area (Å²) in [6.07, 6.45) is 2.24. The van der Waals surface area contributed by atoms with E-state index < -0.39 is 0 Å². The van der Waals surface area contributed by atoms with Crippen molar-refractivity contribution in [1.82, 2.24) is 20.0 Å². The lowest BCUT2D eigenvalue weighted by molar-refractivity contribution is 0.355. The molecule has 18 heavy (non-hydrogen) atoms. The summed E-state index contributed by atoms with van der Waals surface area (Å²) in [5.41, 5.74) is 2.47. The lowest BCUT2D eigenvalue weighted by Gasteiger charge is -2.20. The van der Waals surface area contributed by atoms with Crippen LogP contribution < -0.4 is 5.32 Å². The molecule has 0 aliphatic rings. The summed E-state index contributed by atoms with van der Waals surface area (Å²) >= 11 is 0. The first-order chi connectivity index (χ1) is 8.56. The average Bonchev–Trinajstić information content (AvgIpc) is 2.66. The third-order valence-electron chi connectivity index (χ3n) is 3.16. The average molecular weight is 252 g/mol. The standard InChI is InChI=1S/C14H28N4/c1-6-15-13(8-9-17(4)5)11-14-10-12(3)16-18(14)7-2/h10,13,15H,6-9,11H2,1-5H3. The van der Waals surface area contributed by atoms with E-state index in [0.717, 1.165) is 31.7 Å². The van der Waals surface area contributed by atoms with E-state index in [0.29, 0.717) is 6.04 Å². The highest BCUT2D eigenvalue weighted by Crippen LogP contribution is 2.09. The zero-order valence-electron chi connectivity index (χ0n) is 12.5. The van der Waals surface area contributed by atoms with Gasteiger partial charge in [-0.2, -0.15) is 5.10 Å². The van der Waals surface area contributed by atoms with Crippen molar-refractivity contribution in [3.63, 3.8) is 0 Å². The smallest absolute Gasteiger partial charge is 0.0596 e. The first-order valence-electron chi connectivity index (χ1n) is 6.98. The summed E-state index contributed by atoms with van der Waals surface area (Å²) in [5, 5.41) is 8.10. The molecule has 0 saturated heterocycles. The summed E-state index contributed by atoms with van der Waals surface area (Å²) in [7, 11) is 4.26. The van der Waals surface area contributed by atoms with Crippen LogP contribution in [-0.4, -0.2) is 47.9 Å². The molecule has 1 rings (SSSR count). The Hall–Kier alpha value is -0.870. The molecule has 0 aliphatic heterocycles. The SMILES string of the molecule is CCNC(CCN(C)C)Cc1cc(C)nn1CC. The third kappa shape index (κ3) is 4.78. The minimum absolute atomic E-state index is 0.541. The molecule has 0 amide bonds. The fraction of sp³-hybridized carbons (Fsp3) is 0.786. The number of aryl methyl sites for hydroxylation is 2. The van der Waals surface area contributed by atoms with Gasteiger partial charge < -0.3 is 10.2 Å². The number of likely N-dealkylation sites (N-methyl/N-ethyl adjacent to an activating group) is 1. The molecule has 1 N–H and O–H groups in total. The van der Waals surface area contributed by atoms with E-state index in [2.05, 4.69) is 60.9 Å². The molecule has 4 nitrogen and oxygen atoms in total. The van der Waals surface area contributed by atoms with Gasteiger partial charge in [-0.05, 0) is 53.5 Å². The Morgan fingerprint density at radius 2 is 2.11 bits per heavy atom. The van der Waals surface area contributed by atoms with Gasteiger partial charge in [0.25, 0.3) is 0 Å². The van der Waals surface area contributed by atoms with Crippen LogP contribution >= 0.6 is 0 Å².